The summed E-state index contributed by atoms with van der Waals surface area (Å²) in [6.45, 7) is 3.69. The standard InChI is InChI=1S/C22H20ClN3O7/c1-12-7-14(23)8-17-19(27)11-22(33-20(12)17)3-5-24(6-4-22)21(28)16-9-15(25(29)30)10-18(13(16)2)26(31)32/h7-10H,3-6,11H2,1-2H3. The van der Waals surface area contributed by atoms with Gasteiger partial charge in [0.1, 0.15) is 11.4 Å². The van der Waals surface area contributed by atoms with E-state index in [2.05, 4.69) is 0 Å². The Balaban J connectivity index is 1.58. The van der Waals surface area contributed by atoms with E-state index in [1.54, 1.807) is 12.1 Å². The molecule has 2 aliphatic rings. The molecule has 1 amide bonds. The van der Waals surface area contributed by atoms with Crippen LogP contribution in [-0.4, -0.2) is 45.1 Å². The maximum Gasteiger partial charge on any atom is 0.279 e. The van der Waals surface area contributed by atoms with E-state index in [4.69, 9.17) is 16.3 Å². The summed E-state index contributed by atoms with van der Waals surface area (Å²) in [6.07, 6.45) is 0.910. The largest absolute Gasteiger partial charge is 0.486 e. The topological polar surface area (TPSA) is 133 Å². The molecule has 0 atom stereocenters. The van der Waals surface area contributed by atoms with Crippen LogP contribution in [0.3, 0.4) is 0 Å². The van der Waals surface area contributed by atoms with E-state index in [9.17, 15) is 29.8 Å². The van der Waals surface area contributed by atoms with Crippen molar-refractivity contribution in [1.29, 1.82) is 0 Å². The molecule has 2 aromatic rings. The summed E-state index contributed by atoms with van der Waals surface area (Å²) >= 11 is 6.07. The van der Waals surface area contributed by atoms with Crippen molar-refractivity contribution in [2.75, 3.05) is 13.1 Å². The van der Waals surface area contributed by atoms with E-state index < -0.39 is 32.7 Å². The molecule has 0 saturated carbocycles. The van der Waals surface area contributed by atoms with Gasteiger partial charge in [0.15, 0.2) is 5.78 Å². The Bertz CT molecular complexity index is 1220. The molecule has 0 bridgehead atoms. The molecule has 33 heavy (non-hydrogen) atoms. The summed E-state index contributed by atoms with van der Waals surface area (Å²) in [5, 5.41) is 23.0. The minimum atomic E-state index is -0.762. The maximum atomic E-state index is 13.2. The first-order valence-electron chi connectivity index (χ1n) is 10.3. The van der Waals surface area contributed by atoms with Gasteiger partial charge in [-0.05, 0) is 31.5 Å². The quantitative estimate of drug-likeness (QED) is 0.476. The lowest BCUT2D eigenvalue weighted by Gasteiger charge is -2.44. The minimum Gasteiger partial charge on any atom is -0.486 e. The highest BCUT2D eigenvalue weighted by molar-refractivity contribution is 6.31. The smallest absolute Gasteiger partial charge is 0.279 e. The number of nitro groups is 2. The number of carbonyl (C=O) groups excluding carboxylic acids is 2. The van der Waals surface area contributed by atoms with Crippen LogP contribution in [0.5, 0.6) is 5.75 Å². The zero-order valence-corrected chi connectivity index (χ0v) is 18.7. The number of Topliss-reactive ketones (excluding diaryl/α,β-unsaturated/α-hetero) is 1. The number of piperidine rings is 1. The van der Waals surface area contributed by atoms with Gasteiger partial charge >= 0.3 is 0 Å². The van der Waals surface area contributed by atoms with Crippen LogP contribution in [0.15, 0.2) is 24.3 Å². The molecule has 4 rings (SSSR count). The molecule has 0 aromatic heterocycles. The van der Waals surface area contributed by atoms with Gasteiger partial charge in [-0.2, -0.15) is 0 Å². The van der Waals surface area contributed by atoms with Crippen LogP contribution in [0.25, 0.3) is 0 Å². The number of hydrogen-bond donors (Lipinski definition) is 0. The number of likely N-dealkylation sites (tertiary alicyclic amines) is 1. The third kappa shape index (κ3) is 4.02. The summed E-state index contributed by atoms with van der Waals surface area (Å²) in [5.41, 5.74) is -0.566. The Morgan fingerprint density at radius 1 is 1.09 bits per heavy atom. The first-order chi connectivity index (χ1) is 15.5. The average molecular weight is 474 g/mol. The zero-order chi connectivity index (χ0) is 24.1. The fourth-order valence-electron chi connectivity index (χ4n) is 4.48. The molecule has 172 valence electrons. The second-order valence-electron chi connectivity index (χ2n) is 8.43. The van der Waals surface area contributed by atoms with Crippen LogP contribution in [0, 0.1) is 34.1 Å². The van der Waals surface area contributed by atoms with E-state index in [0.29, 0.717) is 29.2 Å². The minimum absolute atomic E-state index is 0.0708. The number of nitro benzene ring substituents is 2. The summed E-state index contributed by atoms with van der Waals surface area (Å²) in [4.78, 5) is 48.5. The fraction of sp³-hybridized carbons (Fsp3) is 0.364. The predicted octanol–water partition coefficient (Wildman–Crippen LogP) is 4.41. The Morgan fingerprint density at radius 2 is 1.76 bits per heavy atom. The van der Waals surface area contributed by atoms with Crippen LogP contribution in [-0.2, 0) is 0 Å². The number of non-ortho nitro benzene ring substituents is 1. The lowest BCUT2D eigenvalue weighted by atomic mass is 9.81. The fourth-order valence-corrected chi connectivity index (χ4v) is 4.75. The summed E-state index contributed by atoms with van der Waals surface area (Å²) < 4.78 is 6.28. The first-order valence-corrected chi connectivity index (χ1v) is 10.6. The van der Waals surface area contributed by atoms with Gasteiger partial charge in [-0.25, -0.2) is 0 Å². The second kappa shape index (κ2) is 8.11. The molecule has 0 unspecified atom stereocenters. The number of fused-ring (bicyclic) bond motifs is 1. The molecule has 0 radical (unpaired) electrons. The number of carbonyl (C=O) groups is 2. The molecule has 11 heteroatoms. The summed E-state index contributed by atoms with van der Waals surface area (Å²) in [6, 6.07) is 5.24. The number of ether oxygens (including phenoxy) is 1. The number of nitrogens with zero attached hydrogens (tertiary/aromatic N) is 3. The molecule has 2 aromatic carbocycles. The van der Waals surface area contributed by atoms with Crippen molar-refractivity contribution >= 4 is 34.7 Å². The Labute approximate surface area is 193 Å². The molecular weight excluding hydrogens is 454 g/mol. The van der Waals surface area contributed by atoms with Gasteiger partial charge in [-0.1, -0.05) is 11.6 Å². The van der Waals surface area contributed by atoms with Gasteiger partial charge in [0, 0.05) is 42.6 Å². The van der Waals surface area contributed by atoms with E-state index in [1.165, 1.54) is 11.8 Å². The van der Waals surface area contributed by atoms with Crippen molar-refractivity contribution in [3.63, 3.8) is 0 Å². The number of ketones is 1. The molecule has 0 aliphatic carbocycles. The monoisotopic (exact) mass is 473 g/mol. The molecular formula is C22H20ClN3O7. The summed E-state index contributed by atoms with van der Waals surface area (Å²) in [7, 11) is 0. The highest BCUT2D eigenvalue weighted by Crippen LogP contribution is 2.42. The van der Waals surface area contributed by atoms with Gasteiger partial charge in [-0.15, -0.1) is 0 Å². The third-order valence-electron chi connectivity index (χ3n) is 6.31. The van der Waals surface area contributed by atoms with Crippen LogP contribution in [0.1, 0.15) is 51.1 Å². The van der Waals surface area contributed by atoms with E-state index in [0.717, 1.165) is 17.7 Å². The van der Waals surface area contributed by atoms with Gasteiger partial charge in [-0.3, -0.25) is 29.8 Å². The van der Waals surface area contributed by atoms with Gasteiger partial charge in [0.25, 0.3) is 17.3 Å². The van der Waals surface area contributed by atoms with Crippen molar-refractivity contribution in [2.45, 2.75) is 38.7 Å². The molecule has 1 saturated heterocycles. The van der Waals surface area contributed by atoms with E-state index in [-0.39, 0.29) is 36.4 Å². The molecule has 2 heterocycles. The summed E-state index contributed by atoms with van der Waals surface area (Å²) in [5.74, 6) is -0.105. The molecule has 1 spiro atoms. The Morgan fingerprint density at radius 3 is 2.36 bits per heavy atom. The SMILES string of the molecule is Cc1cc(Cl)cc2c1OC1(CCN(C(=O)c3cc([N+](=O)[O-])cc([N+](=O)[O-])c3C)CC1)CC2=O. The number of rotatable bonds is 3. The third-order valence-corrected chi connectivity index (χ3v) is 6.52. The molecule has 2 aliphatic heterocycles. The lowest BCUT2D eigenvalue weighted by Crippen LogP contribution is -2.52. The first kappa shape index (κ1) is 22.7. The van der Waals surface area contributed by atoms with Crippen LogP contribution in [0.2, 0.25) is 5.02 Å². The lowest BCUT2D eigenvalue weighted by molar-refractivity contribution is -0.394. The van der Waals surface area contributed by atoms with Crippen molar-refractivity contribution in [1.82, 2.24) is 4.90 Å². The number of aryl methyl sites for hydroxylation is 1. The number of halogens is 1. The normalized spacial score (nSPS) is 16.8. The molecule has 1 fully saturated rings. The Hall–Kier alpha value is -3.53. The zero-order valence-electron chi connectivity index (χ0n) is 17.9. The molecule has 10 nitrogen and oxygen atoms in total. The van der Waals surface area contributed by atoms with Crippen molar-refractivity contribution < 1.29 is 24.2 Å². The van der Waals surface area contributed by atoms with Crippen LogP contribution >= 0.6 is 11.6 Å². The molecule has 0 N–H and O–H groups in total. The van der Waals surface area contributed by atoms with Crippen molar-refractivity contribution in [3.8, 4) is 5.75 Å². The number of amides is 1. The van der Waals surface area contributed by atoms with Crippen molar-refractivity contribution in [2.24, 2.45) is 0 Å². The highest BCUT2D eigenvalue weighted by atomic mass is 35.5. The van der Waals surface area contributed by atoms with Gasteiger partial charge in [0.05, 0.1) is 33.5 Å². The van der Waals surface area contributed by atoms with Gasteiger partial charge in [0.2, 0.25) is 0 Å². The van der Waals surface area contributed by atoms with E-state index >= 15 is 0 Å². The number of hydrogen-bond acceptors (Lipinski definition) is 7. The van der Waals surface area contributed by atoms with Crippen LogP contribution in [0.4, 0.5) is 11.4 Å². The van der Waals surface area contributed by atoms with Crippen LogP contribution < -0.4 is 4.74 Å². The second-order valence-corrected chi connectivity index (χ2v) is 8.86. The maximum absolute atomic E-state index is 13.2. The number of benzene rings is 2. The van der Waals surface area contributed by atoms with Crippen molar-refractivity contribution in [3.05, 3.63) is 71.8 Å². The van der Waals surface area contributed by atoms with E-state index in [1.807, 2.05) is 6.92 Å². The Kier molecular flexibility index (Phi) is 5.57. The van der Waals surface area contributed by atoms with Gasteiger partial charge < -0.3 is 9.64 Å². The average Bonchev–Trinajstić information content (AvgIpc) is 2.74. The predicted molar refractivity (Wildman–Crippen MR) is 118 cm³/mol. The highest BCUT2D eigenvalue weighted by Gasteiger charge is 2.44.